The first-order valence-corrected chi connectivity index (χ1v) is 10.1. The van der Waals surface area contributed by atoms with Gasteiger partial charge in [0.2, 0.25) is 0 Å². The van der Waals surface area contributed by atoms with E-state index >= 15 is 0 Å². The third-order valence-corrected chi connectivity index (χ3v) is 7.28. The van der Waals surface area contributed by atoms with Gasteiger partial charge in [-0.05, 0) is 78.4 Å². The Labute approximate surface area is 154 Å². The van der Waals surface area contributed by atoms with Crippen LogP contribution >= 0.6 is 0 Å². The van der Waals surface area contributed by atoms with Crippen LogP contribution in [0.15, 0.2) is 35.3 Å². The van der Waals surface area contributed by atoms with E-state index in [0.717, 1.165) is 29.4 Å². The number of benzene rings is 2. The lowest BCUT2D eigenvalue weighted by Crippen LogP contribution is -2.48. The van der Waals surface area contributed by atoms with Crippen LogP contribution in [0.5, 0.6) is 0 Å². The van der Waals surface area contributed by atoms with E-state index in [2.05, 4.69) is 47.8 Å². The van der Waals surface area contributed by atoms with Gasteiger partial charge in [-0.1, -0.05) is 36.4 Å². The Morgan fingerprint density at radius 2 is 1.58 bits per heavy atom. The quantitative estimate of drug-likeness (QED) is 0.515. The molecule has 5 aliphatic rings. The first-order chi connectivity index (χ1) is 12.7. The van der Waals surface area contributed by atoms with Gasteiger partial charge in [0.05, 0.1) is 6.04 Å². The van der Waals surface area contributed by atoms with E-state index in [0.29, 0.717) is 12.0 Å². The van der Waals surface area contributed by atoms with Crippen molar-refractivity contribution in [1.82, 2.24) is 0 Å². The Kier molecular flexibility index (Phi) is 3.06. The second-order valence-corrected chi connectivity index (χ2v) is 8.87. The van der Waals surface area contributed by atoms with Crippen LogP contribution in [0.2, 0.25) is 0 Å². The molecule has 0 atom stereocenters. The van der Waals surface area contributed by atoms with Crippen LogP contribution in [0.4, 0.5) is 5.69 Å². The smallest absolute Gasteiger partial charge is 0.193 e. The number of anilines is 1. The highest BCUT2D eigenvalue weighted by Gasteiger charge is 2.48. The Bertz CT molecular complexity index is 915. The third-order valence-electron chi connectivity index (χ3n) is 7.28. The second-order valence-electron chi connectivity index (χ2n) is 8.87. The summed E-state index contributed by atoms with van der Waals surface area (Å²) in [5, 5.41) is 5.98. The summed E-state index contributed by atoms with van der Waals surface area (Å²) in [5.74, 6) is 4.07. The predicted octanol–water partition coefficient (Wildman–Crippen LogP) is 4.87. The Balaban J connectivity index is 1.31. The highest BCUT2D eigenvalue weighted by atomic mass is 15.1. The molecule has 26 heavy (non-hydrogen) atoms. The van der Waals surface area contributed by atoms with Crippen LogP contribution in [0.1, 0.15) is 43.2 Å². The van der Waals surface area contributed by atoms with Crippen LogP contribution in [-0.4, -0.2) is 12.0 Å². The normalized spacial score (nSPS) is 34.0. The molecular formula is C23H25N3. The highest BCUT2D eigenvalue weighted by Crippen LogP contribution is 2.54. The molecule has 0 unspecified atom stereocenters. The van der Waals surface area contributed by atoms with Gasteiger partial charge in [0.15, 0.2) is 5.96 Å². The zero-order valence-corrected chi connectivity index (χ0v) is 15.0. The second kappa shape index (κ2) is 5.35. The van der Waals surface area contributed by atoms with Crippen LogP contribution in [0.25, 0.3) is 22.9 Å². The number of nitrogens with zero attached hydrogens (tertiary/aromatic N) is 1. The minimum Gasteiger partial charge on any atom is -0.370 e. The summed E-state index contributed by atoms with van der Waals surface area (Å²) in [7, 11) is 0. The van der Waals surface area contributed by atoms with Crippen molar-refractivity contribution in [3.8, 4) is 0 Å². The number of hydrogen-bond donors (Lipinski definition) is 2. The maximum atomic E-state index is 6.39. The lowest BCUT2D eigenvalue weighted by Gasteiger charge is -2.53. The molecule has 0 saturated heterocycles. The van der Waals surface area contributed by atoms with Crippen LogP contribution in [-0.2, 0) is 0 Å². The van der Waals surface area contributed by atoms with Crippen molar-refractivity contribution < 1.29 is 0 Å². The zero-order chi connectivity index (χ0) is 17.3. The molecule has 5 aliphatic carbocycles. The average Bonchev–Trinajstić information content (AvgIpc) is 3.05. The molecule has 0 amide bonds. The van der Waals surface area contributed by atoms with Crippen molar-refractivity contribution in [2.75, 3.05) is 5.32 Å². The van der Waals surface area contributed by atoms with Gasteiger partial charge in [-0.15, -0.1) is 0 Å². The van der Waals surface area contributed by atoms with E-state index < -0.39 is 0 Å². The number of rotatable bonds is 2. The van der Waals surface area contributed by atoms with Crippen LogP contribution in [0.3, 0.4) is 0 Å². The summed E-state index contributed by atoms with van der Waals surface area (Å²) < 4.78 is 0. The predicted molar refractivity (Wildman–Crippen MR) is 109 cm³/mol. The van der Waals surface area contributed by atoms with Gasteiger partial charge in [0.25, 0.3) is 0 Å². The summed E-state index contributed by atoms with van der Waals surface area (Å²) in [4.78, 5) is 5.01. The monoisotopic (exact) mass is 343 g/mol. The molecule has 2 aromatic rings. The molecule has 0 heterocycles. The lowest BCUT2D eigenvalue weighted by atomic mass is 9.54. The molecular weight excluding hydrogens is 318 g/mol. The van der Waals surface area contributed by atoms with Crippen LogP contribution in [0, 0.1) is 23.7 Å². The van der Waals surface area contributed by atoms with Crippen LogP contribution < -0.4 is 11.1 Å². The molecule has 3 nitrogen and oxygen atoms in total. The molecule has 0 spiro atoms. The number of nitrogens with two attached hydrogens (primary N) is 1. The summed E-state index contributed by atoms with van der Waals surface area (Å²) in [6.45, 7) is 0. The van der Waals surface area contributed by atoms with E-state index in [1.807, 2.05) is 0 Å². The number of aliphatic imine (C=N–C) groups is 1. The van der Waals surface area contributed by atoms with Gasteiger partial charge in [0, 0.05) is 11.1 Å². The molecule has 0 aliphatic heterocycles. The minimum atomic E-state index is 0.439. The SMILES string of the molecule is NC(=NC1C2CC3CC(C2)CC1C3)Nc1ccc2c3c(cccc13)C=C2. The van der Waals surface area contributed by atoms with E-state index in [4.69, 9.17) is 10.7 Å². The minimum absolute atomic E-state index is 0.439. The van der Waals surface area contributed by atoms with Gasteiger partial charge in [-0.3, -0.25) is 0 Å². The molecule has 2 aromatic carbocycles. The fraction of sp³-hybridized carbons (Fsp3) is 0.435. The van der Waals surface area contributed by atoms with Crippen molar-refractivity contribution in [2.45, 2.75) is 38.1 Å². The topological polar surface area (TPSA) is 50.4 Å². The van der Waals surface area contributed by atoms with Gasteiger partial charge in [-0.2, -0.15) is 0 Å². The maximum absolute atomic E-state index is 6.39. The van der Waals surface area contributed by atoms with Crippen molar-refractivity contribution >= 4 is 34.6 Å². The fourth-order valence-electron chi connectivity index (χ4n) is 6.47. The first kappa shape index (κ1) is 14.8. The Hall–Kier alpha value is -2.29. The number of guanidine groups is 1. The number of hydrogen-bond acceptors (Lipinski definition) is 1. The van der Waals surface area contributed by atoms with E-state index in [9.17, 15) is 0 Å². The van der Waals surface area contributed by atoms with Gasteiger partial charge >= 0.3 is 0 Å². The van der Waals surface area contributed by atoms with Crippen molar-refractivity contribution in [3.05, 3.63) is 41.5 Å². The summed E-state index contributed by atoms with van der Waals surface area (Å²) in [6.07, 6.45) is 11.4. The molecule has 4 bridgehead atoms. The molecule has 7 rings (SSSR count). The van der Waals surface area contributed by atoms with Crippen molar-refractivity contribution in [3.63, 3.8) is 0 Å². The van der Waals surface area contributed by atoms with Gasteiger partial charge in [0.1, 0.15) is 0 Å². The van der Waals surface area contributed by atoms with E-state index in [1.54, 1.807) is 0 Å². The molecule has 4 saturated carbocycles. The summed E-state index contributed by atoms with van der Waals surface area (Å²) >= 11 is 0. The molecule has 0 aromatic heterocycles. The Morgan fingerprint density at radius 1 is 0.885 bits per heavy atom. The molecule has 3 N–H and O–H groups in total. The van der Waals surface area contributed by atoms with E-state index in [-0.39, 0.29) is 0 Å². The van der Waals surface area contributed by atoms with Gasteiger partial charge in [-0.25, -0.2) is 4.99 Å². The first-order valence-electron chi connectivity index (χ1n) is 10.1. The molecule has 3 heteroatoms. The fourth-order valence-corrected chi connectivity index (χ4v) is 6.47. The largest absolute Gasteiger partial charge is 0.370 e. The van der Waals surface area contributed by atoms with E-state index in [1.165, 1.54) is 54.0 Å². The third kappa shape index (κ3) is 2.16. The number of nitrogens with one attached hydrogen (secondary N) is 1. The van der Waals surface area contributed by atoms with Crippen molar-refractivity contribution in [1.29, 1.82) is 0 Å². The van der Waals surface area contributed by atoms with Crippen molar-refractivity contribution in [2.24, 2.45) is 34.4 Å². The summed E-state index contributed by atoms with van der Waals surface area (Å²) in [6, 6.07) is 11.2. The Morgan fingerprint density at radius 3 is 2.31 bits per heavy atom. The van der Waals surface area contributed by atoms with Gasteiger partial charge < -0.3 is 11.1 Å². The molecule has 0 radical (unpaired) electrons. The lowest BCUT2D eigenvalue weighted by molar-refractivity contribution is 0.00124. The highest BCUT2D eigenvalue weighted by molar-refractivity contribution is 6.11. The summed E-state index contributed by atoms with van der Waals surface area (Å²) in [5.41, 5.74) is 10.0. The molecule has 4 fully saturated rings. The average molecular weight is 343 g/mol. The zero-order valence-electron chi connectivity index (χ0n) is 15.0. The maximum Gasteiger partial charge on any atom is 0.193 e. The molecule has 132 valence electrons. The standard InChI is InChI=1S/C23H25N3/c24-23(26-22-17-9-13-8-14(11-17)12-18(22)10-13)25-20-7-6-16-5-4-15-2-1-3-19(20)21(15)16/h1-7,13-14,17-18,22H,8-12H2,(H3,24,25,26).